The molecule has 5 heteroatoms. The van der Waals surface area contributed by atoms with Gasteiger partial charge in [0.1, 0.15) is 0 Å². The predicted molar refractivity (Wildman–Crippen MR) is 46.2 cm³/mol. The maximum atomic E-state index is 11.2. The number of aliphatic hydroxyl groups is 1. The molecule has 0 radical (unpaired) electrons. The van der Waals surface area contributed by atoms with Crippen molar-refractivity contribution in [2.45, 2.75) is 25.9 Å². The van der Waals surface area contributed by atoms with Crippen LogP contribution in [0.1, 0.15) is 19.8 Å². The molecule has 1 aliphatic carbocycles. The van der Waals surface area contributed by atoms with Gasteiger partial charge in [0.25, 0.3) is 0 Å². The summed E-state index contributed by atoms with van der Waals surface area (Å²) < 4.78 is 24.7. The molecule has 0 aromatic rings. The minimum atomic E-state index is -3.12. The Labute approximate surface area is 73.0 Å². The number of aliphatic hydroxyl groups excluding tert-OH is 1. The first-order valence-electron chi connectivity index (χ1n) is 4.15. The van der Waals surface area contributed by atoms with Crippen LogP contribution < -0.4 is 4.72 Å². The van der Waals surface area contributed by atoms with Crippen LogP contribution in [0.15, 0.2) is 0 Å². The summed E-state index contributed by atoms with van der Waals surface area (Å²) in [5.41, 5.74) is 0. The summed E-state index contributed by atoms with van der Waals surface area (Å²) in [5.74, 6) is 0.580. The molecule has 0 aliphatic heterocycles. The van der Waals surface area contributed by atoms with Crippen molar-refractivity contribution in [1.29, 1.82) is 0 Å². The third-order valence-corrected chi connectivity index (χ3v) is 3.27. The van der Waals surface area contributed by atoms with E-state index in [1.54, 1.807) is 6.92 Å². The van der Waals surface area contributed by atoms with Crippen molar-refractivity contribution in [3.8, 4) is 0 Å². The maximum absolute atomic E-state index is 11.2. The maximum Gasteiger partial charge on any atom is 0.211 e. The zero-order valence-electron chi connectivity index (χ0n) is 7.16. The smallest absolute Gasteiger partial charge is 0.211 e. The first kappa shape index (κ1) is 9.95. The fourth-order valence-corrected chi connectivity index (χ4v) is 2.47. The first-order chi connectivity index (χ1) is 5.49. The molecule has 2 N–H and O–H groups in total. The van der Waals surface area contributed by atoms with Crippen molar-refractivity contribution in [3.63, 3.8) is 0 Å². The molecule has 4 nitrogen and oxygen atoms in total. The monoisotopic (exact) mass is 193 g/mol. The largest absolute Gasteiger partial charge is 0.392 e. The molecule has 0 aromatic carbocycles. The Kier molecular flexibility index (Phi) is 3.09. The van der Waals surface area contributed by atoms with Crippen LogP contribution in [0.5, 0.6) is 0 Å². The molecule has 1 rings (SSSR count). The Morgan fingerprint density at radius 1 is 1.58 bits per heavy atom. The van der Waals surface area contributed by atoms with Crippen LogP contribution in [0.25, 0.3) is 0 Å². The molecular formula is C7H15NO3S. The van der Waals surface area contributed by atoms with E-state index in [2.05, 4.69) is 4.72 Å². The van der Waals surface area contributed by atoms with Gasteiger partial charge in [-0.25, -0.2) is 13.1 Å². The van der Waals surface area contributed by atoms with Crippen molar-refractivity contribution >= 4 is 10.0 Å². The highest BCUT2D eigenvalue weighted by Gasteiger charge is 2.27. The average molecular weight is 193 g/mol. The number of nitrogens with one attached hydrogen (secondary N) is 1. The van der Waals surface area contributed by atoms with Gasteiger partial charge in [0.05, 0.1) is 11.9 Å². The summed E-state index contributed by atoms with van der Waals surface area (Å²) in [6.07, 6.45) is 1.43. The predicted octanol–water partition coefficient (Wildman–Crippen LogP) is -0.303. The van der Waals surface area contributed by atoms with Gasteiger partial charge in [-0.15, -0.1) is 0 Å². The summed E-state index contributed by atoms with van der Waals surface area (Å²) in [4.78, 5) is 0. The van der Waals surface area contributed by atoms with E-state index < -0.39 is 16.1 Å². The van der Waals surface area contributed by atoms with E-state index in [1.165, 1.54) is 0 Å². The zero-order valence-corrected chi connectivity index (χ0v) is 7.97. The standard InChI is InChI=1S/C7H15NO3S/c1-6(9)4-8-12(10,11)5-7-2-3-7/h6-9H,2-5H2,1H3. The van der Waals surface area contributed by atoms with Gasteiger partial charge in [-0.3, -0.25) is 0 Å². The van der Waals surface area contributed by atoms with E-state index in [1.807, 2.05) is 0 Å². The summed E-state index contributed by atoms with van der Waals surface area (Å²) in [6, 6.07) is 0. The lowest BCUT2D eigenvalue weighted by Gasteiger charge is -2.06. The molecule has 0 aromatic heterocycles. The Bertz CT molecular complexity index is 231. The van der Waals surface area contributed by atoms with Crippen LogP contribution in [-0.4, -0.2) is 31.9 Å². The van der Waals surface area contributed by atoms with Crippen LogP contribution in [0.2, 0.25) is 0 Å². The van der Waals surface area contributed by atoms with Gasteiger partial charge in [0, 0.05) is 6.54 Å². The molecule has 1 unspecified atom stereocenters. The zero-order chi connectivity index (χ0) is 9.19. The lowest BCUT2D eigenvalue weighted by atomic mass is 10.4. The van der Waals surface area contributed by atoms with Gasteiger partial charge in [0.15, 0.2) is 0 Å². The third-order valence-electron chi connectivity index (χ3n) is 1.75. The lowest BCUT2D eigenvalue weighted by molar-refractivity contribution is 0.198. The first-order valence-corrected chi connectivity index (χ1v) is 5.80. The van der Waals surface area contributed by atoms with E-state index in [0.29, 0.717) is 5.92 Å². The highest BCUT2D eigenvalue weighted by atomic mass is 32.2. The van der Waals surface area contributed by atoms with E-state index in [0.717, 1.165) is 12.8 Å². The van der Waals surface area contributed by atoms with Crippen LogP contribution in [0.4, 0.5) is 0 Å². The summed E-state index contributed by atoms with van der Waals surface area (Å²) in [6.45, 7) is 1.68. The highest BCUT2D eigenvalue weighted by molar-refractivity contribution is 7.89. The van der Waals surface area contributed by atoms with Crippen LogP contribution >= 0.6 is 0 Å². The molecule has 0 bridgehead atoms. The van der Waals surface area contributed by atoms with Gasteiger partial charge < -0.3 is 5.11 Å². The average Bonchev–Trinajstić information content (AvgIpc) is 2.67. The molecule has 1 saturated carbocycles. The van der Waals surface area contributed by atoms with Crippen LogP contribution in [-0.2, 0) is 10.0 Å². The van der Waals surface area contributed by atoms with Crippen molar-refractivity contribution in [2.24, 2.45) is 5.92 Å². The quantitative estimate of drug-likeness (QED) is 0.630. The molecule has 0 saturated heterocycles. The Hall–Kier alpha value is -0.130. The van der Waals surface area contributed by atoms with E-state index in [9.17, 15) is 8.42 Å². The fraction of sp³-hybridized carbons (Fsp3) is 1.00. The molecule has 0 amide bonds. The molecule has 0 heterocycles. The number of sulfonamides is 1. The Morgan fingerprint density at radius 3 is 2.58 bits per heavy atom. The molecular weight excluding hydrogens is 178 g/mol. The van der Waals surface area contributed by atoms with E-state index >= 15 is 0 Å². The SMILES string of the molecule is CC(O)CNS(=O)(=O)CC1CC1. The topological polar surface area (TPSA) is 66.4 Å². The van der Waals surface area contributed by atoms with E-state index in [4.69, 9.17) is 5.11 Å². The summed E-state index contributed by atoms with van der Waals surface area (Å²) in [7, 11) is -3.12. The molecule has 1 aliphatic rings. The van der Waals surface area contributed by atoms with E-state index in [-0.39, 0.29) is 12.3 Å². The van der Waals surface area contributed by atoms with Crippen molar-refractivity contribution < 1.29 is 13.5 Å². The third kappa shape index (κ3) is 4.04. The molecule has 1 atom stereocenters. The number of hydrogen-bond acceptors (Lipinski definition) is 3. The Balaban J connectivity index is 2.27. The molecule has 12 heavy (non-hydrogen) atoms. The van der Waals surface area contributed by atoms with Crippen LogP contribution in [0, 0.1) is 5.92 Å². The molecule has 1 fully saturated rings. The lowest BCUT2D eigenvalue weighted by Crippen LogP contribution is -2.32. The van der Waals surface area contributed by atoms with Crippen molar-refractivity contribution in [3.05, 3.63) is 0 Å². The van der Waals surface area contributed by atoms with Gasteiger partial charge >= 0.3 is 0 Å². The number of hydrogen-bond donors (Lipinski definition) is 2. The highest BCUT2D eigenvalue weighted by Crippen LogP contribution is 2.29. The van der Waals surface area contributed by atoms with Gasteiger partial charge in [-0.1, -0.05) is 0 Å². The van der Waals surface area contributed by atoms with Gasteiger partial charge in [-0.05, 0) is 25.7 Å². The van der Waals surface area contributed by atoms with Gasteiger partial charge in [-0.2, -0.15) is 0 Å². The normalized spacial score (nSPS) is 20.8. The fourth-order valence-electron chi connectivity index (χ4n) is 0.901. The summed E-state index contributed by atoms with van der Waals surface area (Å²) in [5, 5.41) is 8.84. The molecule has 72 valence electrons. The second-order valence-electron chi connectivity index (χ2n) is 3.42. The minimum Gasteiger partial charge on any atom is -0.392 e. The molecule has 0 spiro atoms. The second kappa shape index (κ2) is 3.72. The van der Waals surface area contributed by atoms with Crippen LogP contribution in [0.3, 0.4) is 0 Å². The summed E-state index contributed by atoms with van der Waals surface area (Å²) >= 11 is 0. The second-order valence-corrected chi connectivity index (χ2v) is 5.27. The number of rotatable bonds is 5. The minimum absolute atomic E-state index is 0.120. The van der Waals surface area contributed by atoms with Crippen molar-refractivity contribution in [1.82, 2.24) is 4.72 Å². The van der Waals surface area contributed by atoms with Crippen molar-refractivity contribution in [2.75, 3.05) is 12.3 Å². The Morgan fingerprint density at radius 2 is 2.17 bits per heavy atom. The van der Waals surface area contributed by atoms with Gasteiger partial charge in [0.2, 0.25) is 10.0 Å².